The van der Waals surface area contributed by atoms with Gasteiger partial charge >= 0.3 is 6.09 Å². The lowest BCUT2D eigenvalue weighted by Gasteiger charge is -2.22. The van der Waals surface area contributed by atoms with Gasteiger partial charge in [0.05, 0.1) is 6.61 Å². The van der Waals surface area contributed by atoms with Crippen LogP contribution in [0.1, 0.15) is 32.3 Å². The zero-order chi connectivity index (χ0) is 14.5. The molecule has 0 heterocycles. The fraction of sp³-hybridized carbons (Fsp3) is 0.500. The number of carbonyl (C=O) groups is 1. The number of nitrogens with one attached hydrogen (secondary N) is 1. The van der Waals surface area contributed by atoms with E-state index in [1.54, 1.807) is 6.07 Å². The number of rotatable bonds is 4. The molecule has 2 N–H and O–H groups in total. The van der Waals surface area contributed by atoms with Crippen LogP contribution in [-0.4, -0.2) is 30.0 Å². The molecular formula is C14H20ClNO3. The highest BCUT2D eigenvalue weighted by molar-refractivity contribution is 6.31. The smallest absolute Gasteiger partial charge is 0.407 e. The van der Waals surface area contributed by atoms with Crippen LogP contribution < -0.4 is 5.32 Å². The summed E-state index contributed by atoms with van der Waals surface area (Å²) in [4.78, 5) is 11.5. The van der Waals surface area contributed by atoms with E-state index in [1.807, 2.05) is 39.0 Å². The molecule has 0 spiro atoms. The maximum atomic E-state index is 11.5. The van der Waals surface area contributed by atoms with Crippen molar-refractivity contribution in [2.24, 2.45) is 0 Å². The molecule has 0 aromatic heterocycles. The van der Waals surface area contributed by atoms with Crippen molar-refractivity contribution in [3.05, 3.63) is 34.9 Å². The van der Waals surface area contributed by atoms with Crippen molar-refractivity contribution in [1.29, 1.82) is 0 Å². The summed E-state index contributed by atoms with van der Waals surface area (Å²) in [6.07, 6.45) is -0.502. The third kappa shape index (κ3) is 5.49. The molecule has 0 bridgehead atoms. The molecule has 0 radical (unpaired) electrons. The topological polar surface area (TPSA) is 58.6 Å². The van der Waals surface area contributed by atoms with E-state index in [0.717, 1.165) is 5.56 Å². The molecule has 19 heavy (non-hydrogen) atoms. The average molecular weight is 286 g/mol. The number of halogens is 1. The van der Waals surface area contributed by atoms with E-state index in [2.05, 4.69) is 5.32 Å². The summed E-state index contributed by atoms with van der Waals surface area (Å²) in [7, 11) is 0. The van der Waals surface area contributed by atoms with Crippen molar-refractivity contribution in [2.75, 3.05) is 13.2 Å². The van der Waals surface area contributed by atoms with E-state index in [0.29, 0.717) is 5.02 Å². The van der Waals surface area contributed by atoms with Gasteiger partial charge in [0, 0.05) is 16.5 Å². The Kier molecular flexibility index (Phi) is 5.63. The Hall–Kier alpha value is -1.26. The lowest BCUT2D eigenvalue weighted by atomic mass is 10.0. The standard InChI is InChI=1S/C14H20ClNO3/c1-14(2,3)16-13(18)19-9-10(8-17)11-6-4-5-7-12(11)15/h4-7,10,17H,8-9H2,1-3H3,(H,16,18). The second-order valence-corrected chi connectivity index (χ2v) is 5.78. The Morgan fingerprint density at radius 1 is 1.42 bits per heavy atom. The zero-order valence-corrected chi connectivity index (χ0v) is 12.2. The van der Waals surface area contributed by atoms with Gasteiger partial charge in [0.25, 0.3) is 0 Å². The van der Waals surface area contributed by atoms with Crippen LogP contribution in [0.25, 0.3) is 0 Å². The van der Waals surface area contributed by atoms with E-state index in [-0.39, 0.29) is 24.7 Å². The van der Waals surface area contributed by atoms with Gasteiger partial charge in [-0.05, 0) is 32.4 Å². The van der Waals surface area contributed by atoms with Gasteiger partial charge in [-0.2, -0.15) is 0 Å². The van der Waals surface area contributed by atoms with Gasteiger partial charge in [-0.1, -0.05) is 29.8 Å². The first kappa shape index (κ1) is 15.8. The van der Waals surface area contributed by atoms with Gasteiger partial charge < -0.3 is 15.2 Å². The minimum Gasteiger partial charge on any atom is -0.449 e. The molecular weight excluding hydrogens is 266 g/mol. The van der Waals surface area contributed by atoms with E-state index >= 15 is 0 Å². The summed E-state index contributed by atoms with van der Waals surface area (Å²) in [5.74, 6) is -0.320. The second kappa shape index (κ2) is 6.78. The van der Waals surface area contributed by atoms with Crippen LogP contribution in [0.5, 0.6) is 0 Å². The summed E-state index contributed by atoms with van der Waals surface area (Å²) < 4.78 is 5.11. The van der Waals surface area contributed by atoms with Gasteiger partial charge in [-0.25, -0.2) is 4.79 Å². The number of ether oxygens (including phenoxy) is 1. The molecule has 5 heteroatoms. The molecule has 0 aliphatic carbocycles. The number of aliphatic hydroxyl groups is 1. The molecule has 1 aromatic carbocycles. The van der Waals surface area contributed by atoms with Gasteiger partial charge in [0.15, 0.2) is 0 Å². The van der Waals surface area contributed by atoms with Gasteiger partial charge in [0.1, 0.15) is 6.61 Å². The van der Waals surface area contributed by atoms with Crippen LogP contribution in [-0.2, 0) is 4.74 Å². The minimum absolute atomic E-state index is 0.0855. The van der Waals surface area contributed by atoms with Crippen LogP contribution in [0.15, 0.2) is 24.3 Å². The molecule has 106 valence electrons. The summed E-state index contributed by atoms with van der Waals surface area (Å²) in [6, 6.07) is 7.20. The number of benzene rings is 1. The highest BCUT2D eigenvalue weighted by Gasteiger charge is 2.18. The normalized spacial score (nSPS) is 12.9. The predicted octanol–water partition coefficient (Wildman–Crippen LogP) is 2.94. The molecule has 0 fully saturated rings. The summed E-state index contributed by atoms with van der Waals surface area (Å²) in [5, 5.41) is 12.6. The monoisotopic (exact) mass is 285 g/mol. The van der Waals surface area contributed by atoms with Gasteiger partial charge in [-0.15, -0.1) is 0 Å². The Balaban J connectivity index is 2.59. The highest BCUT2D eigenvalue weighted by Crippen LogP contribution is 2.24. The SMILES string of the molecule is CC(C)(C)NC(=O)OCC(CO)c1ccccc1Cl. The highest BCUT2D eigenvalue weighted by atomic mass is 35.5. The third-order valence-corrected chi connectivity index (χ3v) is 2.80. The first-order valence-corrected chi connectivity index (χ1v) is 6.51. The van der Waals surface area contributed by atoms with Crippen molar-refractivity contribution in [2.45, 2.75) is 32.2 Å². The molecule has 1 unspecified atom stereocenters. The lowest BCUT2D eigenvalue weighted by molar-refractivity contribution is 0.118. The molecule has 0 saturated heterocycles. The van der Waals surface area contributed by atoms with Crippen molar-refractivity contribution >= 4 is 17.7 Å². The van der Waals surface area contributed by atoms with Crippen LogP contribution >= 0.6 is 11.6 Å². The van der Waals surface area contributed by atoms with Gasteiger partial charge in [-0.3, -0.25) is 0 Å². The number of hydrogen-bond acceptors (Lipinski definition) is 3. The second-order valence-electron chi connectivity index (χ2n) is 5.37. The molecule has 1 atom stereocenters. The number of aliphatic hydroxyl groups excluding tert-OH is 1. The van der Waals surface area contributed by atoms with Crippen LogP contribution in [0.3, 0.4) is 0 Å². The van der Waals surface area contributed by atoms with E-state index in [9.17, 15) is 9.90 Å². The third-order valence-electron chi connectivity index (χ3n) is 2.46. The van der Waals surface area contributed by atoms with Crippen LogP contribution in [0.2, 0.25) is 5.02 Å². The number of hydrogen-bond donors (Lipinski definition) is 2. The van der Waals surface area contributed by atoms with Crippen molar-refractivity contribution in [3.8, 4) is 0 Å². The number of amides is 1. The first-order chi connectivity index (χ1) is 8.83. The quantitative estimate of drug-likeness (QED) is 0.894. The molecule has 1 amide bonds. The van der Waals surface area contributed by atoms with E-state index in [1.165, 1.54) is 0 Å². The molecule has 0 saturated carbocycles. The van der Waals surface area contributed by atoms with Crippen LogP contribution in [0, 0.1) is 0 Å². The number of carbonyl (C=O) groups excluding carboxylic acids is 1. The van der Waals surface area contributed by atoms with Crippen molar-refractivity contribution in [1.82, 2.24) is 5.32 Å². The zero-order valence-electron chi connectivity index (χ0n) is 11.4. The minimum atomic E-state index is -0.502. The average Bonchev–Trinajstić information content (AvgIpc) is 2.29. The predicted molar refractivity (Wildman–Crippen MR) is 75.5 cm³/mol. The summed E-state index contributed by atoms with van der Waals surface area (Å²) >= 11 is 6.05. The summed E-state index contributed by atoms with van der Waals surface area (Å²) in [6.45, 7) is 5.55. The first-order valence-electron chi connectivity index (χ1n) is 6.13. The molecule has 0 aliphatic heterocycles. The fourth-order valence-corrected chi connectivity index (χ4v) is 1.86. The molecule has 1 rings (SSSR count). The Morgan fingerprint density at radius 3 is 2.58 bits per heavy atom. The Bertz CT molecular complexity index is 429. The van der Waals surface area contributed by atoms with Crippen molar-refractivity contribution in [3.63, 3.8) is 0 Å². The Labute approximate surface area is 118 Å². The lowest BCUT2D eigenvalue weighted by Crippen LogP contribution is -2.41. The molecule has 1 aromatic rings. The van der Waals surface area contributed by atoms with Gasteiger partial charge in [0.2, 0.25) is 0 Å². The van der Waals surface area contributed by atoms with E-state index < -0.39 is 6.09 Å². The largest absolute Gasteiger partial charge is 0.449 e. The van der Waals surface area contributed by atoms with Crippen molar-refractivity contribution < 1.29 is 14.6 Å². The van der Waals surface area contributed by atoms with Crippen LogP contribution in [0.4, 0.5) is 4.79 Å². The summed E-state index contributed by atoms with van der Waals surface area (Å²) in [5.41, 5.74) is 0.422. The molecule has 0 aliphatic rings. The maximum Gasteiger partial charge on any atom is 0.407 e. The van der Waals surface area contributed by atoms with E-state index in [4.69, 9.17) is 16.3 Å². The maximum absolute atomic E-state index is 11.5. The fourth-order valence-electron chi connectivity index (χ4n) is 1.57. The Morgan fingerprint density at radius 2 is 2.05 bits per heavy atom. The molecule has 4 nitrogen and oxygen atoms in total. The number of alkyl carbamates (subject to hydrolysis) is 1.